The van der Waals surface area contributed by atoms with Crippen LogP contribution in [0.1, 0.15) is 27.2 Å². The second kappa shape index (κ2) is 6.80. The number of benzene rings is 1. The molecule has 0 fully saturated rings. The van der Waals surface area contributed by atoms with Crippen LogP contribution in [-0.2, 0) is 0 Å². The molecule has 0 spiro atoms. The predicted octanol–water partition coefficient (Wildman–Crippen LogP) is 3.07. The topological polar surface area (TPSA) is 72.4 Å². The van der Waals surface area contributed by atoms with Gasteiger partial charge in [-0.25, -0.2) is 8.78 Å². The minimum atomic E-state index is -0.928. The van der Waals surface area contributed by atoms with Gasteiger partial charge in [-0.1, -0.05) is 20.8 Å². The van der Waals surface area contributed by atoms with Crippen molar-refractivity contribution in [1.82, 2.24) is 0 Å². The van der Waals surface area contributed by atoms with Crippen LogP contribution in [0.3, 0.4) is 0 Å². The number of hydrogen-bond donors (Lipinski definition) is 1. The summed E-state index contributed by atoms with van der Waals surface area (Å²) in [5.74, 6) is -1.86. The van der Waals surface area contributed by atoms with E-state index >= 15 is 0 Å². The molecule has 1 aromatic rings. The Balaban J connectivity index is 3.22. The molecule has 0 atom stereocenters. The fourth-order valence-electron chi connectivity index (χ4n) is 2.08. The van der Waals surface area contributed by atoms with Crippen LogP contribution in [0.5, 0.6) is 0 Å². The van der Waals surface area contributed by atoms with Crippen LogP contribution in [-0.4, -0.2) is 24.6 Å². The Labute approximate surface area is 122 Å². The molecule has 0 amide bonds. The SMILES string of the molecule is CCCN(CC(C)(C)CN)c1c(F)cc([N+](=O)[O-])cc1F. The van der Waals surface area contributed by atoms with Crippen molar-refractivity contribution in [1.29, 1.82) is 0 Å². The second-order valence-electron chi connectivity index (χ2n) is 5.81. The molecule has 21 heavy (non-hydrogen) atoms. The summed E-state index contributed by atoms with van der Waals surface area (Å²) in [7, 11) is 0. The zero-order chi connectivity index (χ0) is 16.2. The first kappa shape index (κ1) is 17.3. The number of nitro benzene ring substituents is 1. The van der Waals surface area contributed by atoms with Crippen molar-refractivity contribution in [3.05, 3.63) is 33.9 Å². The quantitative estimate of drug-likeness (QED) is 0.620. The number of non-ortho nitro benzene ring substituents is 1. The molecule has 0 radical (unpaired) electrons. The van der Waals surface area contributed by atoms with Crippen LogP contribution in [0.2, 0.25) is 0 Å². The smallest absolute Gasteiger partial charge is 0.275 e. The number of rotatable bonds is 7. The summed E-state index contributed by atoms with van der Waals surface area (Å²) >= 11 is 0. The van der Waals surface area contributed by atoms with Crippen LogP contribution in [0.4, 0.5) is 20.2 Å². The average molecular weight is 301 g/mol. The molecule has 2 N–H and O–H groups in total. The second-order valence-corrected chi connectivity index (χ2v) is 5.81. The zero-order valence-electron chi connectivity index (χ0n) is 12.5. The molecule has 0 heterocycles. The lowest BCUT2D eigenvalue weighted by molar-refractivity contribution is -0.385. The van der Waals surface area contributed by atoms with E-state index in [9.17, 15) is 18.9 Å². The maximum atomic E-state index is 14.1. The summed E-state index contributed by atoms with van der Waals surface area (Å²) in [6.45, 7) is 6.86. The Hall–Kier alpha value is -1.76. The maximum absolute atomic E-state index is 14.1. The van der Waals surface area contributed by atoms with Gasteiger partial charge in [0.2, 0.25) is 0 Å². The molecular weight excluding hydrogens is 280 g/mol. The predicted molar refractivity (Wildman–Crippen MR) is 78.4 cm³/mol. The molecule has 118 valence electrons. The lowest BCUT2D eigenvalue weighted by atomic mass is 9.92. The molecule has 7 heteroatoms. The summed E-state index contributed by atoms with van der Waals surface area (Å²) in [6, 6.07) is 1.49. The highest BCUT2D eigenvalue weighted by molar-refractivity contribution is 5.54. The van der Waals surface area contributed by atoms with Gasteiger partial charge >= 0.3 is 0 Å². The molecule has 0 saturated heterocycles. The molecule has 0 unspecified atom stereocenters. The standard InChI is InChI=1S/C14H21F2N3O2/c1-4-5-18(9-14(2,3)8-17)13-11(15)6-10(19(20)21)7-12(13)16/h6-7H,4-5,8-9,17H2,1-3H3. The first-order valence-electron chi connectivity index (χ1n) is 6.80. The van der Waals surface area contributed by atoms with Gasteiger partial charge < -0.3 is 10.6 Å². The molecule has 0 aromatic heterocycles. The van der Waals surface area contributed by atoms with E-state index in [0.29, 0.717) is 26.1 Å². The first-order chi connectivity index (χ1) is 9.71. The third-order valence-corrected chi connectivity index (χ3v) is 3.19. The van der Waals surface area contributed by atoms with Crippen LogP contribution in [0.15, 0.2) is 12.1 Å². The molecule has 1 aromatic carbocycles. The minimum Gasteiger partial charge on any atom is -0.366 e. The van der Waals surface area contributed by atoms with Gasteiger partial charge in [0.25, 0.3) is 5.69 Å². The molecule has 0 aliphatic carbocycles. The van der Waals surface area contributed by atoms with Crippen molar-refractivity contribution in [2.75, 3.05) is 24.5 Å². The fraction of sp³-hybridized carbons (Fsp3) is 0.571. The van der Waals surface area contributed by atoms with Gasteiger partial charge in [-0.3, -0.25) is 10.1 Å². The van der Waals surface area contributed by atoms with E-state index in [-0.39, 0.29) is 11.1 Å². The third kappa shape index (κ3) is 4.35. The van der Waals surface area contributed by atoms with Crippen LogP contribution < -0.4 is 10.6 Å². The van der Waals surface area contributed by atoms with Gasteiger partial charge in [-0.2, -0.15) is 0 Å². The van der Waals surface area contributed by atoms with Gasteiger partial charge in [0.1, 0.15) is 5.69 Å². The van der Waals surface area contributed by atoms with Crippen molar-refractivity contribution in [3.63, 3.8) is 0 Å². The first-order valence-corrected chi connectivity index (χ1v) is 6.80. The van der Waals surface area contributed by atoms with E-state index in [2.05, 4.69) is 0 Å². The minimum absolute atomic E-state index is 0.232. The van der Waals surface area contributed by atoms with E-state index in [0.717, 1.165) is 12.1 Å². The Morgan fingerprint density at radius 3 is 2.24 bits per heavy atom. The number of anilines is 1. The normalized spacial score (nSPS) is 11.5. The van der Waals surface area contributed by atoms with E-state index in [1.54, 1.807) is 4.90 Å². The van der Waals surface area contributed by atoms with Gasteiger partial charge in [0.05, 0.1) is 17.1 Å². The maximum Gasteiger partial charge on any atom is 0.275 e. The zero-order valence-corrected chi connectivity index (χ0v) is 12.5. The molecule has 0 bridgehead atoms. The van der Waals surface area contributed by atoms with E-state index < -0.39 is 22.2 Å². The van der Waals surface area contributed by atoms with Gasteiger partial charge in [-0.15, -0.1) is 0 Å². The molecule has 0 saturated carbocycles. The molecule has 0 aliphatic heterocycles. The monoisotopic (exact) mass is 301 g/mol. The van der Waals surface area contributed by atoms with E-state index in [1.807, 2.05) is 20.8 Å². The Morgan fingerprint density at radius 1 is 1.33 bits per heavy atom. The molecule has 0 aliphatic rings. The Morgan fingerprint density at radius 2 is 1.86 bits per heavy atom. The molecule has 5 nitrogen and oxygen atoms in total. The summed E-state index contributed by atoms with van der Waals surface area (Å²) in [6.07, 6.45) is 0.691. The molecule has 1 rings (SSSR count). The van der Waals surface area contributed by atoms with Crippen molar-refractivity contribution >= 4 is 11.4 Å². The van der Waals surface area contributed by atoms with Gasteiger partial charge in [0.15, 0.2) is 11.6 Å². The van der Waals surface area contributed by atoms with Crippen molar-refractivity contribution < 1.29 is 13.7 Å². The molecular formula is C14H21F2N3O2. The number of nitro groups is 1. The van der Waals surface area contributed by atoms with Crippen LogP contribution in [0.25, 0.3) is 0 Å². The largest absolute Gasteiger partial charge is 0.366 e. The lowest BCUT2D eigenvalue weighted by Gasteiger charge is -2.33. The van der Waals surface area contributed by atoms with Crippen LogP contribution >= 0.6 is 0 Å². The summed E-state index contributed by atoms with van der Waals surface area (Å²) in [5.41, 5.74) is 4.52. The Kier molecular flexibility index (Phi) is 5.60. The number of halogens is 2. The number of nitrogens with zero attached hydrogens (tertiary/aromatic N) is 2. The van der Waals surface area contributed by atoms with E-state index in [1.165, 1.54) is 0 Å². The summed E-state index contributed by atoms with van der Waals surface area (Å²) in [4.78, 5) is 11.4. The average Bonchev–Trinajstić information content (AvgIpc) is 2.37. The van der Waals surface area contributed by atoms with Gasteiger partial charge in [0, 0.05) is 13.1 Å². The number of nitrogens with two attached hydrogens (primary N) is 1. The van der Waals surface area contributed by atoms with Crippen molar-refractivity contribution in [3.8, 4) is 0 Å². The highest BCUT2D eigenvalue weighted by atomic mass is 19.1. The lowest BCUT2D eigenvalue weighted by Crippen LogP contribution is -2.40. The fourth-order valence-corrected chi connectivity index (χ4v) is 2.08. The van der Waals surface area contributed by atoms with Crippen molar-refractivity contribution in [2.24, 2.45) is 11.1 Å². The van der Waals surface area contributed by atoms with Crippen LogP contribution in [0, 0.1) is 27.2 Å². The number of hydrogen-bond acceptors (Lipinski definition) is 4. The summed E-state index contributed by atoms with van der Waals surface area (Å²) in [5, 5.41) is 10.6. The summed E-state index contributed by atoms with van der Waals surface area (Å²) < 4.78 is 28.2. The third-order valence-electron chi connectivity index (χ3n) is 3.19. The Bertz CT molecular complexity index is 498. The van der Waals surface area contributed by atoms with Crippen molar-refractivity contribution in [2.45, 2.75) is 27.2 Å². The highest BCUT2D eigenvalue weighted by Crippen LogP contribution is 2.30. The van der Waals surface area contributed by atoms with E-state index in [4.69, 9.17) is 5.73 Å². The highest BCUT2D eigenvalue weighted by Gasteiger charge is 2.26. The van der Waals surface area contributed by atoms with Gasteiger partial charge in [-0.05, 0) is 18.4 Å².